The van der Waals surface area contributed by atoms with Crippen LogP contribution in [0.3, 0.4) is 0 Å². The maximum Gasteiger partial charge on any atom is 0.251 e. The Kier molecular flexibility index (Phi) is 5.04. The topological polar surface area (TPSA) is 84.5 Å². The van der Waals surface area contributed by atoms with Gasteiger partial charge >= 0.3 is 0 Å². The molecule has 2 amide bonds. The lowest BCUT2D eigenvalue weighted by Gasteiger charge is -2.14. The zero-order chi connectivity index (χ0) is 16.2. The summed E-state index contributed by atoms with van der Waals surface area (Å²) < 4.78 is 0.875. The lowest BCUT2D eigenvalue weighted by molar-refractivity contribution is -0.113. The highest BCUT2D eigenvalue weighted by Crippen LogP contribution is 2.34. The molecule has 1 aliphatic heterocycles. The zero-order valence-electron chi connectivity index (χ0n) is 11.9. The van der Waals surface area contributed by atoms with Gasteiger partial charge in [0.2, 0.25) is 5.91 Å². The molecule has 0 atom stereocenters. The second-order valence-electron chi connectivity index (χ2n) is 4.66. The minimum absolute atomic E-state index is 0.179. The lowest BCUT2D eigenvalue weighted by atomic mass is 10.2. The molecule has 0 spiro atoms. The normalized spacial score (nSPS) is 13.1. The molecule has 8 heteroatoms. The number of carbonyl (C=O) groups is 2. The van der Waals surface area contributed by atoms with Crippen molar-refractivity contribution in [1.29, 1.82) is 0 Å². The fourth-order valence-electron chi connectivity index (χ4n) is 1.98. The van der Waals surface area contributed by atoms with E-state index in [0.29, 0.717) is 10.6 Å². The van der Waals surface area contributed by atoms with Crippen molar-refractivity contribution >= 4 is 61.7 Å². The fourth-order valence-corrected chi connectivity index (χ4v) is 4.65. The van der Waals surface area contributed by atoms with Crippen molar-refractivity contribution in [2.45, 2.75) is 5.75 Å². The average molecular weight is 363 g/mol. The van der Waals surface area contributed by atoms with Crippen molar-refractivity contribution in [2.24, 2.45) is 10.7 Å². The monoisotopic (exact) mass is 363 g/mol. The molecule has 0 saturated heterocycles. The third kappa shape index (κ3) is 3.95. The van der Waals surface area contributed by atoms with Crippen molar-refractivity contribution < 1.29 is 9.59 Å². The summed E-state index contributed by atoms with van der Waals surface area (Å²) in [5, 5.41) is 4.94. The van der Waals surface area contributed by atoms with Crippen LogP contribution in [-0.2, 0) is 10.5 Å². The van der Waals surface area contributed by atoms with Gasteiger partial charge in [-0.15, -0.1) is 11.3 Å². The maximum absolute atomic E-state index is 12.0. The Bertz CT molecular complexity index is 786. The number of anilines is 1. The van der Waals surface area contributed by atoms with Crippen molar-refractivity contribution in [3.8, 4) is 0 Å². The van der Waals surface area contributed by atoms with Gasteiger partial charge in [-0.05, 0) is 23.1 Å². The number of nitrogens with zero attached hydrogens (tertiary/aromatic N) is 1. The predicted molar refractivity (Wildman–Crippen MR) is 98.8 cm³/mol. The first-order valence-electron chi connectivity index (χ1n) is 6.73. The first-order chi connectivity index (χ1) is 11.1. The highest BCUT2D eigenvalue weighted by Gasteiger charge is 2.16. The number of nitrogens with one attached hydrogen (secondary N) is 1. The molecule has 1 aliphatic rings. The molecule has 1 aromatic carbocycles. The van der Waals surface area contributed by atoms with Crippen molar-refractivity contribution in [3.63, 3.8) is 0 Å². The van der Waals surface area contributed by atoms with E-state index >= 15 is 0 Å². The second kappa shape index (κ2) is 7.20. The van der Waals surface area contributed by atoms with Gasteiger partial charge in [0, 0.05) is 5.75 Å². The van der Waals surface area contributed by atoms with Crippen LogP contribution in [0.4, 0.5) is 10.7 Å². The summed E-state index contributed by atoms with van der Waals surface area (Å²) in [6, 6.07) is 9.59. The van der Waals surface area contributed by atoms with Gasteiger partial charge in [0.05, 0.1) is 17.0 Å². The number of para-hydroxylation sites is 1. The number of thiophene rings is 1. The maximum atomic E-state index is 12.0. The molecule has 0 aliphatic carbocycles. The Hall–Kier alpha value is -1.77. The van der Waals surface area contributed by atoms with Gasteiger partial charge in [-0.1, -0.05) is 41.7 Å². The first-order valence-corrected chi connectivity index (χ1v) is 9.58. The predicted octanol–water partition coefficient (Wildman–Crippen LogP) is 3.45. The number of carbonyl (C=O) groups excluding carboxylic acids is 2. The number of rotatable bonds is 4. The number of fused-ring (bicyclic) bond motifs is 1. The smallest absolute Gasteiger partial charge is 0.251 e. The number of amides is 2. The molecule has 23 heavy (non-hydrogen) atoms. The SMILES string of the molecule is NC(=O)c1ccsc1NC(=O)CSC1=Nc2ccccc2CS1. The molecule has 5 nitrogen and oxygen atoms in total. The van der Waals surface area contributed by atoms with Gasteiger partial charge in [-0.3, -0.25) is 9.59 Å². The summed E-state index contributed by atoms with van der Waals surface area (Å²) in [6.07, 6.45) is 0. The zero-order valence-corrected chi connectivity index (χ0v) is 14.4. The highest BCUT2D eigenvalue weighted by molar-refractivity contribution is 8.38. The minimum atomic E-state index is -0.543. The number of nitrogens with two attached hydrogens (primary N) is 1. The first kappa shape index (κ1) is 16.1. The molecular weight excluding hydrogens is 350 g/mol. The van der Waals surface area contributed by atoms with Crippen LogP contribution >= 0.6 is 34.9 Å². The Balaban J connectivity index is 1.59. The molecule has 0 radical (unpaired) electrons. The van der Waals surface area contributed by atoms with Crippen molar-refractivity contribution in [1.82, 2.24) is 0 Å². The second-order valence-corrected chi connectivity index (χ2v) is 7.76. The summed E-state index contributed by atoms with van der Waals surface area (Å²) in [5.41, 5.74) is 7.77. The van der Waals surface area contributed by atoms with Crippen LogP contribution in [0.15, 0.2) is 40.7 Å². The van der Waals surface area contributed by atoms with Crippen LogP contribution in [0.1, 0.15) is 15.9 Å². The summed E-state index contributed by atoms with van der Waals surface area (Å²) >= 11 is 4.30. The van der Waals surface area contributed by atoms with Crippen LogP contribution in [0.2, 0.25) is 0 Å². The van der Waals surface area contributed by atoms with Crippen LogP contribution in [0.25, 0.3) is 0 Å². The molecule has 0 fully saturated rings. The third-order valence-electron chi connectivity index (χ3n) is 3.06. The van der Waals surface area contributed by atoms with Crippen molar-refractivity contribution in [2.75, 3.05) is 11.1 Å². The summed E-state index contributed by atoms with van der Waals surface area (Å²) in [5.74, 6) is 0.380. The van der Waals surface area contributed by atoms with Gasteiger partial charge in [0.25, 0.3) is 5.91 Å². The van der Waals surface area contributed by atoms with E-state index in [1.165, 1.54) is 28.7 Å². The van der Waals surface area contributed by atoms with E-state index in [1.54, 1.807) is 23.2 Å². The van der Waals surface area contributed by atoms with Crippen LogP contribution in [-0.4, -0.2) is 21.9 Å². The van der Waals surface area contributed by atoms with Crippen LogP contribution < -0.4 is 11.1 Å². The van der Waals surface area contributed by atoms with E-state index in [0.717, 1.165) is 15.8 Å². The number of hydrogen-bond acceptors (Lipinski definition) is 6. The number of benzene rings is 1. The molecule has 0 bridgehead atoms. The number of hydrogen-bond donors (Lipinski definition) is 2. The van der Waals surface area contributed by atoms with E-state index in [1.807, 2.05) is 18.2 Å². The Morgan fingerprint density at radius 1 is 1.30 bits per heavy atom. The van der Waals surface area contributed by atoms with E-state index < -0.39 is 5.91 Å². The highest BCUT2D eigenvalue weighted by atomic mass is 32.2. The van der Waals surface area contributed by atoms with Gasteiger partial charge in [0.1, 0.15) is 9.38 Å². The molecule has 3 rings (SSSR count). The van der Waals surface area contributed by atoms with Crippen LogP contribution in [0.5, 0.6) is 0 Å². The number of thioether (sulfide) groups is 2. The number of aliphatic imine (C=N–C) groups is 1. The van der Waals surface area contributed by atoms with Gasteiger partial charge in [-0.2, -0.15) is 0 Å². The molecule has 2 aromatic rings. The minimum Gasteiger partial charge on any atom is -0.366 e. The molecule has 0 unspecified atom stereocenters. The van der Waals surface area contributed by atoms with E-state index in [-0.39, 0.29) is 11.7 Å². The third-order valence-corrected chi connectivity index (χ3v) is 6.14. The van der Waals surface area contributed by atoms with Gasteiger partial charge in [0.15, 0.2) is 0 Å². The van der Waals surface area contributed by atoms with Gasteiger partial charge < -0.3 is 11.1 Å². The van der Waals surface area contributed by atoms with E-state index in [4.69, 9.17) is 5.73 Å². The molecule has 0 saturated carbocycles. The summed E-state index contributed by atoms with van der Waals surface area (Å²) in [4.78, 5) is 27.8. The lowest BCUT2D eigenvalue weighted by Crippen LogP contribution is -2.18. The van der Waals surface area contributed by atoms with Crippen molar-refractivity contribution in [3.05, 3.63) is 46.8 Å². The Labute approximate surface area is 145 Å². The quantitative estimate of drug-likeness (QED) is 0.871. The van der Waals surface area contributed by atoms with Gasteiger partial charge in [-0.25, -0.2) is 4.99 Å². The Morgan fingerprint density at radius 2 is 2.13 bits per heavy atom. The molecule has 3 N–H and O–H groups in total. The van der Waals surface area contributed by atoms with Crippen LogP contribution in [0, 0.1) is 0 Å². The largest absolute Gasteiger partial charge is 0.366 e. The fraction of sp³-hybridized carbons (Fsp3) is 0.133. The summed E-state index contributed by atoms with van der Waals surface area (Å²) in [7, 11) is 0. The number of primary amides is 1. The Morgan fingerprint density at radius 3 is 2.96 bits per heavy atom. The molecule has 118 valence electrons. The molecule has 1 aromatic heterocycles. The van der Waals surface area contributed by atoms with E-state index in [2.05, 4.69) is 16.4 Å². The molecule has 2 heterocycles. The average Bonchev–Trinajstić information content (AvgIpc) is 3.01. The standard InChI is InChI=1S/C15H13N3O2S3/c16-13(20)10-5-6-21-14(10)18-12(19)8-23-15-17-11-4-2-1-3-9(11)7-22-15/h1-6H,7-8H2,(H2,16,20)(H,18,19). The summed E-state index contributed by atoms with van der Waals surface area (Å²) in [6.45, 7) is 0. The van der Waals surface area contributed by atoms with E-state index in [9.17, 15) is 9.59 Å². The molecular formula is C15H13N3O2S3.